The van der Waals surface area contributed by atoms with Crippen LogP contribution in [0.3, 0.4) is 0 Å². The average molecular weight is 385 g/mol. The molecule has 3 aromatic carbocycles. The van der Waals surface area contributed by atoms with Crippen LogP contribution < -0.4 is 10.1 Å². The molecule has 0 bridgehead atoms. The van der Waals surface area contributed by atoms with Gasteiger partial charge in [-0.3, -0.25) is 4.79 Å². The van der Waals surface area contributed by atoms with E-state index in [0.717, 1.165) is 16.9 Å². The Kier molecular flexibility index (Phi) is 5.29. The first-order chi connectivity index (χ1) is 14.2. The maximum Gasteiger partial charge on any atom is 0.248 e. The number of benzene rings is 3. The first-order valence-corrected chi connectivity index (χ1v) is 9.14. The van der Waals surface area contributed by atoms with Crippen molar-refractivity contribution in [3.05, 3.63) is 84.4 Å². The standard InChI is InChI=1S/C22H19N5O2/c1-16-7-5-6-10-20(16)22-24-26-27(25-22)15-21(28)23-17-11-13-19(14-12-17)29-18-8-3-2-4-9-18/h2-14H,15H2,1H3,(H,23,28). The molecule has 144 valence electrons. The molecule has 1 N–H and O–H groups in total. The Bertz CT molecular complexity index is 1110. The van der Waals surface area contributed by atoms with Crippen molar-refractivity contribution in [2.24, 2.45) is 0 Å². The summed E-state index contributed by atoms with van der Waals surface area (Å²) in [6.45, 7) is 1.95. The zero-order valence-corrected chi connectivity index (χ0v) is 15.8. The molecule has 4 rings (SSSR count). The second-order valence-electron chi connectivity index (χ2n) is 6.45. The minimum atomic E-state index is -0.240. The number of aryl methyl sites for hydroxylation is 1. The zero-order chi connectivity index (χ0) is 20.1. The third kappa shape index (κ3) is 4.65. The van der Waals surface area contributed by atoms with Crippen molar-refractivity contribution in [3.8, 4) is 22.9 Å². The molecule has 1 amide bonds. The third-order valence-corrected chi connectivity index (χ3v) is 4.24. The van der Waals surface area contributed by atoms with Gasteiger partial charge in [0.25, 0.3) is 0 Å². The van der Waals surface area contributed by atoms with E-state index in [9.17, 15) is 4.79 Å². The van der Waals surface area contributed by atoms with E-state index in [1.54, 1.807) is 24.3 Å². The Hall–Kier alpha value is -4.00. The molecule has 0 atom stereocenters. The number of nitrogens with zero attached hydrogens (tertiary/aromatic N) is 4. The van der Waals surface area contributed by atoms with Crippen LogP contribution in [-0.2, 0) is 11.3 Å². The van der Waals surface area contributed by atoms with Gasteiger partial charge in [-0.1, -0.05) is 42.5 Å². The second kappa shape index (κ2) is 8.35. The van der Waals surface area contributed by atoms with Gasteiger partial charge in [-0.2, -0.15) is 4.80 Å². The number of carbonyl (C=O) groups excluding carboxylic acids is 1. The molecule has 0 aliphatic rings. The molecular formula is C22H19N5O2. The lowest BCUT2D eigenvalue weighted by atomic mass is 10.1. The Morgan fingerprint density at radius 1 is 0.931 bits per heavy atom. The number of anilines is 1. The maximum absolute atomic E-state index is 12.3. The van der Waals surface area contributed by atoms with Crippen LogP contribution in [0.25, 0.3) is 11.4 Å². The van der Waals surface area contributed by atoms with Crippen LogP contribution in [0.4, 0.5) is 5.69 Å². The fourth-order valence-electron chi connectivity index (χ4n) is 2.80. The number of para-hydroxylation sites is 1. The second-order valence-corrected chi connectivity index (χ2v) is 6.45. The van der Waals surface area contributed by atoms with Gasteiger partial charge in [0.2, 0.25) is 11.7 Å². The maximum atomic E-state index is 12.3. The summed E-state index contributed by atoms with van der Waals surface area (Å²) < 4.78 is 5.74. The predicted octanol–water partition coefficient (Wildman–Crippen LogP) is 4.08. The molecular weight excluding hydrogens is 366 g/mol. The van der Waals surface area contributed by atoms with Crippen LogP contribution in [-0.4, -0.2) is 26.1 Å². The fourth-order valence-corrected chi connectivity index (χ4v) is 2.80. The summed E-state index contributed by atoms with van der Waals surface area (Å²) in [6.07, 6.45) is 0. The van der Waals surface area contributed by atoms with Gasteiger partial charge in [0.1, 0.15) is 18.0 Å². The van der Waals surface area contributed by atoms with Gasteiger partial charge in [0.15, 0.2) is 0 Å². The molecule has 7 heteroatoms. The molecule has 4 aromatic rings. The highest BCUT2D eigenvalue weighted by Crippen LogP contribution is 2.22. The van der Waals surface area contributed by atoms with Gasteiger partial charge in [0.05, 0.1) is 0 Å². The largest absolute Gasteiger partial charge is 0.457 e. The van der Waals surface area contributed by atoms with E-state index in [1.807, 2.05) is 61.5 Å². The van der Waals surface area contributed by atoms with Crippen LogP contribution in [0.2, 0.25) is 0 Å². The monoisotopic (exact) mass is 385 g/mol. The Balaban J connectivity index is 1.36. The Morgan fingerprint density at radius 3 is 2.38 bits per heavy atom. The van der Waals surface area contributed by atoms with Gasteiger partial charge >= 0.3 is 0 Å². The van der Waals surface area contributed by atoms with Crippen LogP contribution in [0.1, 0.15) is 5.56 Å². The van der Waals surface area contributed by atoms with E-state index in [1.165, 1.54) is 4.80 Å². The van der Waals surface area contributed by atoms with Gasteiger partial charge in [0, 0.05) is 11.3 Å². The SMILES string of the molecule is Cc1ccccc1-c1nnn(CC(=O)Nc2ccc(Oc3ccccc3)cc2)n1. The highest BCUT2D eigenvalue weighted by molar-refractivity contribution is 5.90. The lowest BCUT2D eigenvalue weighted by molar-refractivity contribution is -0.117. The zero-order valence-electron chi connectivity index (χ0n) is 15.8. The molecule has 0 saturated heterocycles. The first kappa shape index (κ1) is 18.4. The summed E-state index contributed by atoms with van der Waals surface area (Å²) in [5.74, 6) is 1.70. The van der Waals surface area contributed by atoms with Crippen molar-refractivity contribution < 1.29 is 9.53 Å². The van der Waals surface area contributed by atoms with E-state index in [0.29, 0.717) is 17.3 Å². The normalized spacial score (nSPS) is 10.5. The van der Waals surface area contributed by atoms with E-state index >= 15 is 0 Å². The number of ether oxygens (including phenoxy) is 1. The van der Waals surface area contributed by atoms with Gasteiger partial charge in [-0.15, -0.1) is 10.2 Å². The summed E-state index contributed by atoms with van der Waals surface area (Å²) in [5.41, 5.74) is 2.61. The number of amides is 1. The van der Waals surface area contributed by atoms with Crippen molar-refractivity contribution in [1.82, 2.24) is 20.2 Å². The highest BCUT2D eigenvalue weighted by atomic mass is 16.5. The quantitative estimate of drug-likeness (QED) is 0.541. The predicted molar refractivity (Wildman–Crippen MR) is 110 cm³/mol. The molecule has 29 heavy (non-hydrogen) atoms. The molecule has 0 spiro atoms. The number of nitrogens with one attached hydrogen (secondary N) is 1. The first-order valence-electron chi connectivity index (χ1n) is 9.14. The molecule has 7 nitrogen and oxygen atoms in total. The minimum Gasteiger partial charge on any atom is -0.457 e. The van der Waals surface area contributed by atoms with Crippen molar-refractivity contribution in [2.75, 3.05) is 5.32 Å². The smallest absolute Gasteiger partial charge is 0.248 e. The van der Waals surface area contributed by atoms with E-state index in [2.05, 4.69) is 20.7 Å². The molecule has 0 unspecified atom stereocenters. The van der Waals surface area contributed by atoms with Crippen molar-refractivity contribution in [3.63, 3.8) is 0 Å². The molecule has 1 heterocycles. The summed E-state index contributed by atoms with van der Waals surface area (Å²) in [4.78, 5) is 13.6. The van der Waals surface area contributed by atoms with Gasteiger partial charge in [-0.25, -0.2) is 0 Å². The molecule has 0 fully saturated rings. The molecule has 1 aromatic heterocycles. The molecule has 0 aliphatic heterocycles. The lowest BCUT2D eigenvalue weighted by Gasteiger charge is -2.07. The number of tetrazole rings is 1. The third-order valence-electron chi connectivity index (χ3n) is 4.24. The van der Waals surface area contributed by atoms with Crippen LogP contribution in [0.5, 0.6) is 11.5 Å². The summed E-state index contributed by atoms with van der Waals surface area (Å²) in [7, 11) is 0. The fraction of sp³-hybridized carbons (Fsp3) is 0.0909. The van der Waals surface area contributed by atoms with E-state index in [4.69, 9.17) is 4.74 Å². The average Bonchev–Trinajstić information content (AvgIpc) is 3.18. The van der Waals surface area contributed by atoms with Crippen molar-refractivity contribution in [1.29, 1.82) is 0 Å². The van der Waals surface area contributed by atoms with Gasteiger partial charge in [-0.05, 0) is 54.1 Å². The summed E-state index contributed by atoms with van der Waals surface area (Å²) in [5, 5.41) is 15.1. The molecule has 0 aliphatic carbocycles. The highest BCUT2D eigenvalue weighted by Gasteiger charge is 2.11. The number of aromatic nitrogens is 4. The topological polar surface area (TPSA) is 81.9 Å². The molecule has 0 radical (unpaired) electrons. The van der Waals surface area contributed by atoms with Crippen molar-refractivity contribution >= 4 is 11.6 Å². The summed E-state index contributed by atoms with van der Waals surface area (Å²) >= 11 is 0. The van der Waals surface area contributed by atoms with Crippen LogP contribution in [0.15, 0.2) is 78.9 Å². The Labute approximate surface area is 168 Å². The molecule has 0 saturated carbocycles. The Morgan fingerprint density at radius 2 is 1.62 bits per heavy atom. The van der Waals surface area contributed by atoms with Gasteiger partial charge < -0.3 is 10.1 Å². The summed E-state index contributed by atoms with van der Waals surface area (Å²) in [6, 6.07) is 24.4. The van der Waals surface area contributed by atoms with E-state index in [-0.39, 0.29) is 12.5 Å². The van der Waals surface area contributed by atoms with Crippen molar-refractivity contribution in [2.45, 2.75) is 13.5 Å². The number of rotatable bonds is 6. The van der Waals surface area contributed by atoms with Crippen LogP contribution in [0, 0.1) is 6.92 Å². The minimum absolute atomic E-state index is 0.0266. The lowest BCUT2D eigenvalue weighted by Crippen LogP contribution is -2.20. The number of hydrogen-bond acceptors (Lipinski definition) is 5. The number of hydrogen-bond donors (Lipinski definition) is 1. The van der Waals surface area contributed by atoms with Crippen LogP contribution >= 0.6 is 0 Å². The van der Waals surface area contributed by atoms with E-state index < -0.39 is 0 Å². The number of carbonyl (C=O) groups is 1.